The molecule has 0 aliphatic heterocycles. The van der Waals surface area contributed by atoms with Crippen molar-refractivity contribution in [1.29, 1.82) is 0 Å². The van der Waals surface area contributed by atoms with Crippen LogP contribution < -0.4 is 0 Å². The molecular weight excluding hydrogens is 344 g/mol. The molecule has 2 N–H and O–H groups in total. The average Bonchev–Trinajstić information content (AvgIpc) is 3.09. The lowest BCUT2D eigenvalue weighted by Crippen LogP contribution is -2.25. The highest BCUT2D eigenvalue weighted by Crippen LogP contribution is 2.25. The topological polar surface area (TPSA) is 92.0 Å². The number of ether oxygens (including phenoxy) is 1. The SMILES string of the molecule is CC(=O)c1c(C)[nH]c(C(=O)O[C@@H](C)C(=O)c2c(C)[nH]c3ccccc23)c1C. The van der Waals surface area contributed by atoms with Gasteiger partial charge in [-0.2, -0.15) is 0 Å². The van der Waals surface area contributed by atoms with Gasteiger partial charge in [-0.1, -0.05) is 18.2 Å². The number of rotatable bonds is 5. The summed E-state index contributed by atoms with van der Waals surface area (Å²) in [7, 11) is 0. The highest BCUT2D eigenvalue weighted by molar-refractivity contribution is 6.12. The largest absolute Gasteiger partial charge is 0.450 e. The van der Waals surface area contributed by atoms with Crippen molar-refractivity contribution in [1.82, 2.24) is 9.97 Å². The summed E-state index contributed by atoms with van der Waals surface area (Å²) in [5.74, 6) is -1.05. The first-order valence-corrected chi connectivity index (χ1v) is 8.75. The number of hydrogen-bond donors (Lipinski definition) is 2. The first kappa shape index (κ1) is 18.6. The van der Waals surface area contributed by atoms with Crippen LogP contribution in [0.2, 0.25) is 0 Å². The molecule has 0 bridgehead atoms. The maximum absolute atomic E-state index is 12.9. The van der Waals surface area contributed by atoms with Crippen LogP contribution in [0.3, 0.4) is 0 Å². The van der Waals surface area contributed by atoms with E-state index in [1.165, 1.54) is 6.92 Å². The van der Waals surface area contributed by atoms with E-state index in [0.717, 1.165) is 16.6 Å². The van der Waals surface area contributed by atoms with Crippen molar-refractivity contribution in [2.75, 3.05) is 0 Å². The number of H-pyrrole nitrogens is 2. The number of para-hydroxylation sites is 1. The Hall–Kier alpha value is -3.15. The summed E-state index contributed by atoms with van der Waals surface area (Å²) < 4.78 is 5.41. The molecule has 0 fully saturated rings. The molecule has 0 unspecified atom stereocenters. The third-order valence-electron chi connectivity index (χ3n) is 4.79. The minimum Gasteiger partial charge on any atom is -0.450 e. The van der Waals surface area contributed by atoms with E-state index in [0.29, 0.717) is 22.4 Å². The van der Waals surface area contributed by atoms with Crippen molar-refractivity contribution in [2.45, 2.75) is 40.7 Å². The Morgan fingerprint density at radius 2 is 1.59 bits per heavy atom. The molecule has 6 nitrogen and oxygen atoms in total. The van der Waals surface area contributed by atoms with Gasteiger partial charge in [-0.3, -0.25) is 9.59 Å². The van der Waals surface area contributed by atoms with Gasteiger partial charge in [0, 0.05) is 33.4 Å². The van der Waals surface area contributed by atoms with E-state index in [1.807, 2.05) is 31.2 Å². The summed E-state index contributed by atoms with van der Waals surface area (Å²) in [6.07, 6.45) is -0.959. The second kappa shape index (κ2) is 6.87. The Bertz CT molecular complexity index is 1070. The Balaban J connectivity index is 1.87. The van der Waals surface area contributed by atoms with E-state index in [9.17, 15) is 14.4 Å². The number of esters is 1. The summed E-state index contributed by atoms with van der Waals surface area (Å²) in [5.41, 5.74) is 3.94. The molecule has 0 amide bonds. The standard InChI is InChI=1S/C21H22N2O4/c1-10-17(13(4)24)11(2)23-19(10)21(26)27-14(5)20(25)18-12(3)22-16-9-7-6-8-15(16)18/h6-9,14,22-23H,1-5H3/t14-/m0/s1. The number of aromatic nitrogens is 2. The third-order valence-corrected chi connectivity index (χ3v) is 4.79. The molecule has 0 radical (unpaired) electrons. The number of fused-ring (bicyclic) bond motifs is 1. The fourth-order valence-corrected chi connectivity index (χ4v) is 3.55. The summed E-state index contributed by atoms with van der Waals surface area (Å²) >= 11 is 0. The van der Waals surface area contributed by atoms with Crippen LogP contribution in [-0.4, -0.2) is 33.6 Å². The molecule has 27 heavy (non-hydrogen) atoms. The number of aromatic amines is 2. The molecule has 0 aliphatic carbocycles. The highest BCUT2D eigenvalue weighted by atomic mass is 16.5. The molecule has 6 heteroatoms. The predicted octanol–water partition coefficient (Wildman–Crippen LogP) is 4.05. The van der Waals surface area contributed by atoms with Crippen LogP contribution in [0.4, 0.5) is 0 Å². The van der Waals surface area contributed by atoms with E-state index in [4.69, 9.17) is 4.74 Å². The molecule has 0 saturated carbocycles. The first-order valence-electron chi connectivity index (χ1n) is 8.75. The van der Waals surface area contributed by atoms with Gasteiger partial charge >= 0.3 is 5.97 Å². The van der Waals surface area contributed by atoms with Gasteiger partial charge in [-0.25, -0.2) is 4.79 Å². The van der Waals surface area contributed by atoms with Gasteiger partial charge in [0.25, 0.3) is 0 Å². The van der Waals surface area contributed by atoms with Gasteiger partial charge in [0.05, 0.1) is 0 Å². The van der Waals surface area contributed by atoms with Crippen LogP contribution >= 0.6 is 0 Å². The van der Waals surface area contributed by atoms with Crippen molar-refractivity contribution in [2.24, 2.45) is 0 Å². The molecule has 0 spiro atoms. The van der Waals surface area contributed by atoms with Crippen molar-refractivity contribution < 1.29 is 19.1 Å². The third kappa shape index (κ3) is 3.18. The maximum Gasteiger partial charge on any atom is 0.355 e. The Kier molecular flexibility index (Phi) is 4.74. The molecule has 1 atom stereocenters. The maximum atomic E-state index is 12.9. The number of carbonyl (C=O) groups is 3. The summed E-state index contributed by atoms with van der Waals surface area (Å²) in [5, 5.41) is 0.800. The van der Waals surface area contributed by atoms with Gasteiger partial charge in [-0.15, -0.1) is 0 Å². The van der Waals surface area contributed by atoms with Gasteiger partial charge in [0.15, 0.2) is 11.9 Å². The summed E-state index contributed by atoms with van der Waals surface area (Å²) in [6.45, 7) is 8.24. The number of Topliss-reactive ketones (excluding diaryl/α,β-unsaturated/α-hetero) is 2. The van der Waals surface area contributed by atoms with Crippen molar-refractivity contribution in [3.8, 4) is 0 Å². The quantitative estimate of drug-likeness (QED) is 0.526. The van der Waals surface area contributed by atoms with Gasteiger partial charge < -0.3 is 14.7 Å². The summed E-state index contributed by atoms with van der Waals surface area (Å²) in [4.78, 5) is 43.3. The van der Waals surface area contributed by atoms with Gasteiger partial charge in [-0.05, 0) is 46.2 Å². The highest BCUT2D eigenvalue weighted by Gasteiger charge is 2.27. The van der Waals surface area contributed by atoms with E-state index in [-0.39, 0.29) is 17.3 Å². The van der Waals surface area contributed by atoms with Gasteiger partial charge in [0.2, 0.25) is 5.78 Å². The second-order valence-electron chi connectivity index (χ2n) is 6.76. The van der Waals surface area contributed by atoms with E-state index < -0.39 is 12.1 Å². The molecule has 0 aliphatic rings. The van der Waals surface area contributed by atoms with Gasteiger partial charge in [0.1, 0.15) is 5.69 Å². The molecule has 0 saturated heterocycles. The minimum absolute atomic E-state index is 0.126. The smallest absolute Gasteiger partial charge is 0.355 e. The van der Waals surface area contributed by atoms with Crippen LogP contribution in [0, 0.1) is 20.8 Å². The predicted molar refractivity (Wildman–Crippen MR) is 103 cm³/mol. The second-order valence-corrected chi connectivity index (χ2v) is 6.76. The lowest BCUT2D eigenvalue weighted by Gasteiger charge is -2.12. The molecule has 2 heterocycles. The zero-order valence-corrected chi connectivity index (χ0v) is 16.0. The number of nitrogens with one attached hydrogen (secondary N) is 2. The Morgan fingerprint density at radius 3 is 2.22 bits per heavy atom. The van der Waals surface area contributed by atoms with Crippen LogP contribution in [0.25, 0.3) is 10.9 Å². The van der Waals surface area contributed by atoms with E-state index in [2.05, 4.69) is 9.97 Å². The summed E-state index contributed by atoms with van der Waals surface area (Å²) in [6, 6.07) is 7.50. The molecule has 1 aromatic carbocycles. The fraction of sp³-hybridized carbons (Fsp3) is 0.286. The fourth-order valence-electron chi connectivity index (χ4n) is 3.55. The monoisotopic (exact) mass is 366 g/mol. The molecule has 3 aromatic rings. The van der Waals surface area contributed by atoms with E-state index in [1.54, 1.807) is 20.8 Å². The van der Waals surface area contributed by atoms with Crippen molar-refractivity contribution in [3.63, 3.8) is 0 Å². The molecule has 3 rings (SSSR count). The molecule has 2 aromatic heterocycles. The number of aryl methyl sites for hydroxylation is 2. The zero-order valence-electron chi connectivity index (χ0n) is 16.0. The van der Waals surface area contributed by atoms with E-state index >= 15 is 0 Å². The normalized spacial score (nSPS) is 12.2. The Morgan fingerprint density at radius 1 is 0.963 bits per heavy atom. The van der Waals surface area contributed by atoms with Crippen LogP contribution in [-0.2, 0) is 4.74 Å². The van der Waals surface area contributed by atoms with Crippen molar-refractivity contribution >= 4 is 28.4 Å². The first-order chi connectivity index (χ1) is 12.7. The number of ketones is 2. The number of benzene rings is 1. The Labute approximate surface area is 156 Å². The van der Waals surface area contributed by atoms with Crippen LogP contribution in [0.1, 0.15) is 62.0 Å². The average molecular weight is 366 g/mol. The number of hydrogen-bond acceptors (Lipinski definition) is 4. The van der Waals surface area contributed by atoms with Crippen molar-refractivity contribution in [3.05, 3.63) is 58.0 Å². The van der Waals surface area contributed by atoms with Crippen LogP contribution in [0.15, 0.2) is 24.3 Å². The lowest BCUT2D eigenvalue weighted by molar-refractivity contribution is 0.0313. The zero-order chi connectivity index (χ0) is 19.9. The lowest BCUT2D eigenvalue weighted by atomic mass is 10.0. The minimum atomic E-state index is -0.959. The van der Waals surface area contributed by atoms with Crippen LogP contribution in [0.5, 0.6) is 0 Å². The molecular formula is C21H22N2O4. The number of carbonyl (C=O) groups excluding carboxylic acids is 3. The molecule has 140 valence electrons.